The van der Waals surface area contributed by atoms with Crippen LogP contribution in [-0.2, 0) is 0 Å². The first-order chi connectivity index (χ1) is 31.1. The van der Waals surface area contributed by atoms with Crippen molar-refractivity contribution < 1.29 is 0 Å². The molecule has 0 saturated heterocycles. The number of nitrogens with one attached hydrogen (secondary N) is 1. The molecule has 0 aliphatic heterocycles. The normalized spacial score (nSPS) is 12.7. The zero-order valence-electron chi connectivity index (χ0n) is 35.7. The fourth-order valence-corrected chi connectivity index (χ4v) is 8.19. The molecule has 8 aromatic carbocycles. The first-order valence-electron chi connectivity index (χ1n) is 21.8. The molecule has 2 heteroatoms. The van der Waals surface area contributed by atoms with Gasteiger partial charge >= 0.3 is 0 Å². The van der Waals surface area contributed by atoms with Crippen LogP contribution in [0.1, 0.15) is 30.9 Å². The minimum Gasteiger partial charge on any atom is -0.356 e. The van der Waals surface area contributed by atoms with E-state index in [-0.39, 0.29) is 0 Å². The van der Waals surface area contributed by atoms with Gasteiger partial charge in [-0.2, -0.15) is 0 Å². The number of rotatable bonds is 13. The van der Waals surface area contributed by atoms with E-state index >= 15 is 0 Å². The fourth-order valence-electron chi connectivity index (χ4n) is 8.19. The molecule has 1 N–H and O–H groups in total. The van der Waals surface area contributed by atoms with Crippen molar-refractivity contribution in [3.8, 4) is 44.5 Å². The van der Waals surface area contributed by atoms with Crippen LogP contribution < -0.4 is 10.2 Å². The van der Waals surface area contributed by atoms with Crippen LogP contribution in [-0.4, -0.2) is 0 Å². The Morgan fingerprint density at radius 1 is 0.460 bits per heavy atom. The third-order valence-corrected chi connectivity index (χ3v) is 11.6. The smallest absolute Gasteiger partial charge is 0.0462 e. The minimum atomic E-state index is 0.985. The van der Waals surface area contributed by atoms with Crippen LogP contribution in [0.2, 0.25) is 0 Å². The summed E-state index contributed by atoms with van der Waals surface area (Å²) in [6, 6.07) is 73.6. The Hall–Kier alpha value is -7.94. The predicted octanol–water partition coefficient (Wildman–Crippen LogP) is 17.1. The third kappa shape index (κ3) is 9.67. The minimum absolute atomic E-state index is 0.985. The number of para-hydroxylation sites is 1. The van der Waals surface area contributed by atoms with Crippen LogP contribution in [0.4, 0.5) is 22.7 Å². The average molecular weight is 811 g/mol. The van der Waals surface area contributed by atoms with E-state index in [1.807, 2.05) is 12.1 Å². The van der Waals surface area contributed by atoms with Gasteiger partial charge in [-0.25, -0.2) is 0 Å². The molecule has 0 spiro atoms. The van der Waals surface area contributed by atoms with Gasteiger partial charge in [-0.3, -0.25) is 0 Å². The molecule has 0 saturated carbocycles. The van der Waals surface area contributed by atoms with Crippen molar-refractivity contribution in [3.63, 3.8) is 0 Å². The molecule has 63 heavy (non-hydrogen) atoms. The topological polar surface area (TPSA) is 15.3 Å². The van der Waals surface area contributed by atoms with Crippen molar-refractivity contribution in [1.29, 1.82) is 0 Å². The zero-order valence-corrected chi connectivity index (χ0v) is 35.7. The number of hydrogen-bond donors (Lipinski definition) is 1. The van der Waals surface area contributed by atoms with E-state index in [9.17, 15) is 0 Å². The lowest BCUT2D eigenvalue weighted by molar-refractivity contribution is 1.04. The van der Waals surface area contributed by atoms with Gasteiger partial charge in [-0.1, -0.05) is 170 Å². The lowest BCUT2D eigenvalue weighted by Crippen LogP contribution is -2.14. The van der Waals surface area contributed by atoms with E-state index in [0.717, 1.165) is 46.9 Å². The Balaban J connectivity index is 0.915. The van der Waals surface area contributed by atoms with Crippen LogP contribution in [0.3, 0.4) is 0 Å². The maximum absolute atomic E-state index is 4.24. The molecule has 304 valence electrons. The van der Waals surface area contributed by atoms with Gasteiger partial charge in [0, 0.05) is 28.4 Å². The van der Waals surface area contributed by atoms with Gasteiger partial charge in [0.15, 0.2) is 0 Å². The summed E-state index contributed by atoms with van der Waals surface area (Å²) in [7, 11) is 0. The Kier molecular flexibility index (Phi) is 12.3. The number of benzene rings is 8. The summed E-state index contributed by atoms with van der Waals surface area (Å²) in [4.78, 5) is 2.25. The molecular weight excluding hydrogens is 761 g/mol. The van der Waals surface area contributed by atoms with Gasteiger partial charge in [-0.15, -0.1) is 0 Å². The molecule has 0 fully saturated rings. The largest absolute Gasteiger partial charge is 0.356 e. The Bertz CT molecular complexity index is 2950. The van der Waals surface area contributed by atoms with E-state index in [4.69, 9.17) is 0 Å². The van der Waals surface area contributed by atoms with Gasteiger partial charge < -0.3 is 10.2 Å². The quantitative estimate of drug-likeness (QED) is 0.117. The second-order valence-corrected chi connectivity index (χ2v) is 15.9. The van der Waals surface area contributed by atoms with E-state index in [0.29, 0.717) is 0 Å². The predicted molar refractivity (Wildman–Crippen MR) is 271 cm³/mol. The number of nitrogens with zero attached hydrogens (tertiary/aromatic N) is 1. The second kappa shape index (κ2) is 19.2. The first kappa shape index (κ1) is 40.5. The summed E-state index contributed by atoms with van der Waals surface area (Å²) in [5.74, 6) is 0. The SMILES string of the molecule is C=C/C(=C\C=C(/C)c1cccc(-c2cccc(-c3cccc(-c4ccc(Nc5ccc(C6=CCCC=C6)cc5)cc4)c3)c2)c1)N(c1ccccc1)c1ccc(-c2ccccc2)cc1. The van der Waals surface area contributed by atoms with E-state index in [2.05, 4.69) is 254 Å². The van der Waals surface area contributed by atoms with Gasteiger partial charge in [0.25, 0.3) is 0 Å². The molecule has 0 heterocycles. The molecule has 0 bridgehead atoms. The molecule has 9 rings (SSSR count). The maximum atomic E-state index is 4.24. The molecule has 0 amide bonds. The molecular formula is C61H50N2. The van der Waals surface area contributed by atoms with Crippen molar-refractivity contribution in [2.24, 2.45) is 0 Å². The van der Waals surface area contributed by atoms with Crippen LogP contribution in [0.15, 0.2) is 255 Å². The standard InChI is InChI=1S/C61H50N2/c1-3-59(63(60-26-11-6-12-27-60)61-40-33-49(34-41-61)47-18-9-5-10-19-47)39-28-45(2)51-20-13-22-53(42-51)55-24-15-25-56(44-55)54-23-14-21-52(43-54)50-31-37-58(38-32-50)62-57-35-29-48(30-36-57)46-16-7-4-8-17-46/h3,5-7,9-44,62H,1,4,8H2,2H3/b45-28+,59-39+. The highest BCUT2D eigenvalue weighted by atomic mass is 15.1. The van der Waals surface area contributed by atoms with Crippen LogP contribution in [0.25, 0.3) is 55.7 Å². The van der Waals surface area contributed by atoms with Gasteiger partial charge in [-0.05, 0) is 165 Å². The highest BCUT2D eigenvalue weighted by Crippen LogP contribution is 2.35. The first-order valence-corrected chi connectivity index (χ1v) is 21.8. The lowest BCUT2D eigenvalue weighted by Gasteiger charge is -2.26. The van der Waals surface area contributed by atoms with E-state index in [1.165, 1.54) is 61.2 Å². The van der Waals surface area contributed by atoms with Crippen molar-refractivity contribution in [1.82, 2.24) is 0 Å². The molecule has 1 aliphatic rings. The Labute approximate surface area is 372 Å². The molecule has 8 aromatic rings. The lowest BCUT2D eigenvalue weighted by atomic mass is 9.95. The monoisotopic (exact) mass is 810 g/mol. The summed E-state index contributed by atoms with van der Waals surface area (Å²) in [5, 5.41) is 3.57. The summed E-state index contributed by atoms with van der Waals surface area (Å²) >= 11 is 0. The Morgan fingerprint density at radius 3 is 1.52 bits per heavy atom. The van der Waals surface area contributed by atoms with Crippen molar-refractivity contribution in [2.45, 2.75) is 19.8 Å². The van der Waals surface area contributed by atoms with Crippen molar-refractivity contribution >= 4 is 33.9 Å². The number of allylic oxidation sites excluding steroid dienone is 8. The van der Waals surface area contributed by atoms with Gasteiger partial charge in [0.2, 0.25) is 0 Å². The third-order valence-electron chi connectivity index (χ3n) is 11.6. The molecule has 0 aromatic heterocycles. The highest BCUT2D eigenvalue weighted by molar-refractivity contribution is 5.81. The molecule has 2 nitrogen and oxygen atoms in total. The van der Waals surface area contributed by atoms with E-state index in [1.54, 1.807) is 0 Å². The van der Waals surface area contributed by atoms with Crippen molar-refractivity contribution in [3.05, 3.63) is 266 Å². The highest BCUT2D eigenvalue weighted by Gasteiger charge is 2.13. The second-order valence-electron chi connectivity index (χ2n) is 15.9. The number of hydrogen-bond acceptors (Lipinski definition) is 2. The van der Waals surface area contributed by atoms with Crippen LogP contribution in [0, 0.1) is 0 Å². The summed E-state index contributed by atoms with van der Waals surface area (Å²) in [6.45, 7) is 6.42. The van der Waals surface area contributed by atoms with Crippen molar-refractivity contribution in [2.75, 3.05) is 10.2 Å². The van der Waals surface area contributed by atoms with Crippen LogP contribution in [0.5, 0.6) is 0 Å². The van der Waals surface area contributed by atoms with Crippen LogP contribution >= 0.6 is 0 Å². The molecule has 1 aliphatic carbocycles. The fraction of sp³-hybridized carbons (Fsp3) is 0.0492. The molecule has 0 atom stereocenters. The summed E-state index contributed by atoms with van der Waals surface area (Å²) in [6.07, 6.45) is 15.3. The summed E-state index contributed by atoms with van der Waals surface area (Å²) in [5.41, 5.74) is 19.6. The number of anilines is 4. The maximum Gasteiger partial charge on any atom is 0.0462 e. The average Bonchev–Trinajstić information content (AvgIpc) is 3.36. The Morgan fingerprint density at radius 2 is 0.937 bits per heavy atom. The summed E-state index contributed by atoms with van der Waals surface area (Å²) < 4.78 is 0. The van der Waals surface area contributed by atoms with E-state index < -0.39 is 0 Å². The van der Waals surface area contributed by atoms with Gasteiger partial charge in [0.05, 0.1) is 0 Å². The van der Waals surface area contributed by atoms with Gasteiger partial charge in [0.1, 0.15) is 0 Å². The molecule has 0 unspecified atom stereocenters. The zero-order chi connectivity index (χ0) is 42.8. The molecule has 0 radical (unpaired) electrons.